The fourth-order valence-electron chi connectivity index (χ4n) is 1.11. The van der Waals surface area contributed by atoms with Crippen LogP contribution in [0.1, 0.15) is 12.8 Å². The maximum atomic E-state index is 13.1. The summed E-state index contributed by atoms with van der Waals surface area (Å²) in [4.78, 5) is 11.3. The molecule has 0 spiro atoms. The molecular formula is C10H11F2IN2O. The highest BCUT2D eigenvalue weighted by Crippen LogP contribution is 2.20. The van der Waals surface area contributed by atoms with Crippen molar-refractivity contribution < 1.29 is 13.6 Å². The van der Waals surface area contributed by atoms with Gasteiger partial charge in [-0.1, -0.05) is 0 Å². The lowest BCUT2D eigenvalue weighted by Gasteiger charge is -2.06. The van der Waals surface area contributed by atoms with E-state index in [1.807, 2.05) is 0 Å². The van der Waals surface area contributed by atoms with E-state index in [1.54, 1.807) is 22.6 Å². The zero-order valence-electron chi connectivity index (χ0n) is 8.40. The van der Waals surface area contributed by atoms with E-state index >= 15 is 0 Å². The van der Waals surface area contributed by atoms with Gasteiger partial charge in [-0.25, -0.2) is 8.78 Å². The van der Waals surface area contributed by atoms with Gasteiger partial charge in [0, 0.05) is 12.1 Å². The van der Waals surface area contributed by atoms with Crippen molar-refractivity contribution in [2.24, 2.45) is 5.73 Å². The van der Waals surface area contributed by atoms with Gasteiger partial charge >= 0.3 is 0 Å². The highest BCUT2D eigenvalue weighted by Gasteiger charge is 2.09. The van der Waals surface area contributed by atoms with E-state index in [0.717, 1.165) is 12.1 Å². The molecule has 1 aromatic carbocycles. The molecule has 0 heterocycles. The Morgan fingerprint density at radius 2 is 1.94 bits per heavy atom. The summed E-state index contributed by atoms with van der Waals surface area (Å²) in [7, 11) is 0. The number of carbonyl (C=O) groups is 1. The summed E-state index contributed by atoms with van der Waals surface area (Å²) in [6.45, 7) is 0.406. The molecule has 0 unspecified atom stereocenters. The standard InChI is InChI=1S/C10H11F2IN2O/c11-7-4-6(5-8(12)10(7)13)15-9(16)2-1-3-14/h4-5H,1-3,14H2,(H,15,16). The average Bonchev–Trinajstić information content (AvgIpc) is 2.23. The lowest BCUT2D eigenvalue weighted by atomic mass is 10.2. The van der Waals surface area contributed by atoms with Crippen LogP contribution >= 0.6 is 22.6 Å². The second kappa shape index (κ2) is 6.09. The molecule has 0 radical (unpaired) electrons. The number of nitrogens with two attached hydrogens (primary N) is 1. The Kier molecular flexibility index (Phi) is 5.07. The first-order valence-corrected chi connectivity index (χ1v) is 5.77. The van der Waals surface area contributed by atoms with Crippen LogP contribution in [-0.4, -0.2) is 12.5 Å². The van der Waals surface area contributed by atoms with Crippen LogP contribution in [0.5, 0.6) is 0 Å². The number of anilines is 1. The molecule has 3 N–H and O–H groups in total. The van der Waals surface area contributed by atoms with Crippen LogP contribution in [0.25, 0.3) is 0 Å². The number of amides is 1. The van der Waals surface area contributed by atoms with Crippen molar-refractivity contribution in [2.75, 3.05) is 11.9 Å². The summed E-state index contributed by atoms with van der Waals surface area (Å²) in [6.07, 6.45) is 0.785. The third-order valence-electron chi connectivity index (χ3n) is 1.88. The molecule has 0 bridgehead atoms. The molecule has 88 valence electrons. The first-order valence-electron chi connectivity index (χ1n) is 4.69. The van der Waals surface area contributed by atoms with E-state index in [-0.39, 0.29) is 21.6 Å². The molecule has 0 fully saturated rings. The van der Waals surface area contributed by atoms with E-state index in [4.69, 9.17) is 5.73 Å². The van der Waals surface area contributed by atoms with Crippen LogP contribution in [0.2, 0.25) is 0 Å². The molecule has 1 aromatic rings. The number of nitrogens with one attached hydrogen (secondary N) is 1. The summed E-state index contributed by atoms with van der Waals surface area (Å²) in [5.41, 5.74) is 5.36. The first kappa shape index (κ1) is 13.3. The van der Waals surface area contributed by atoms with Gasteiger partial charge in [0.1, 0.15) is 11.6 Å². The highest BCUT2D eigenvalue weighted by atomic mass is 127. The van der Waals surface area contributed by atoms with Crippen molar-refractivity contribution in [3.63, 3.8) is 0 Å². The number of hydrogen-bond donors (Lipinski definition) is 2. The minimum absolute atomic E-state index is 0.0856. The fraction of sp³-hybridized carbons (Fsp3) is 0.300. The van der Waals surface area contributed by atoms with E-state index in [0.29, 0.717) is 13.0 Å². The lowest BCUT2D eigenvalue weighted by Crippen LogP contribution is -2.13. The van der Waals surface area contributed by atoms with Gasteiger partial charge in [-0.15, -0.1) is 0 Å². The Morgan fingerprint density at radius 1 is 1.38 bits per heavy atom. The van der Waals surface area contributed by atoms with Crippen molar-refractivity contribution in [3.05, 3.63) is 27.3 Å². The first-order chi connectivity index (χ1) is 7.54. The summed E-state index contributed by atoms with van der Waals surface area (Å²) in [6, 6.07) is 2.18. The van der Waals surface area contributed by atoms with E-state index in [2.05, 4.69) is 5.32 Å². The molecule has 0 aliphatic carbocycles. The number of benzene rings is 1. The Labute approximate surface area is 106 Å². The van der Waals surface area contributed by atoms with Crippen LogP contribution in [0.4, 0.5) is 14.5 Å². The van der Waals surface area contributed by atoms with Gasteiger partial charge in [0.15, 0.2) is 0 Å². The van der Waals surface area contributed by atoms with Gasteiger partial charge < -0.3 is 11.1 Å². The Hall–Kier alpha value is -0.760. The number of hydrogen-bond acceptors (Lipinski definition) is 2. The average molecular weight is 340 g/mol. The van der Waals surface area contributed by atoms with Crippen molar-refractivity contribution in [1.29, 1.82) is 0 Å². The highest BCUT2D eigenvalue weighted by molar-refractivity contribution is 14.1. The summed E-state index contributed by atoms with van der Waals surface area (Å²) in [5.74, 6) is -1.67. The molecule has 0 atom stereocenters. The van der Waals surface area contributed by atoms with Crippen LogP contribution in [-0.2, 0) is 4.79 Å². The third-order valence-corrected chi connectivity index (χ3v) is 2.91. The molecule has 0 aromatic heterocycles. The molecule has 1 rings (SSSR count). The van der Waals surface area contributed by atoms with Gasteiger partial charge in [-0.05, 0) is 47.7 Å². The summed E-state index contributed by atoms with van der Waals surface area (Å²) < 4.78 is 26.2. The number of carbonyl (C=O) groups excluding carboxylic acids is 1. The smallest absolute Gasteiger partial charge is 0.224 e. The van der Waals surface area contributed by atoms with Crippen LogP contribution in [0.15, 0.2) is 12.1 Å². The minimum atomic E-state index is -0.685. The molecule has 0 saturated carbocycles. The predicted molar refractivity (Wildman–Crippen MR) is 66.0 cm³/mol. The van der Waals surface area contributed by atoms with Crippen LogP contribution in [0, 0.1) is 15.2 Å². The zero-order valence-corrected chi connectivity index (χ0v) is 10.6. The Bertz CT molecular complexity index is 375. The SMILES string of the molecule is NCCCC(=O)Nc1cc(F)c(I)c(F)c1. The molecule has 1 amide bonds. The maximum Gasteiger partial charge on any atom is 0.224 e. The fourth-order valence-corrected chi connectivity index (χ4v) is 1.43. The van der Waals surface area contributed by atoms with Crippen molar-refractivity contribution in [1.82, 2.24) is 0 Å². The van der Waals surface area contributed by atoms with Crippen molar-refractivity contribution in [2.45, 2.75) is 12.8 Å². The normalized spacial score (nSPS) is 10.2. The molecular weight excluding hydrogens is 329 g/mol. The zero-order chi connectivity index (χ0) is 12.1. The molecule has 0 saturated heterocycles. The van der Waals surface area contributed by atoms with Gasteiger partial charge in [0.2, 0.25) is 5.91 Å². The third kappa shape index (κ3) is 3.67. The van der Waals surface area contributed by atoms with Crippen molar-refractivity contribution >= 4 is 34.2 Å². The van der Waals surface area contributed by atoms with Gasteiger partial charge in [-0.2, -0.15) is 0 Å². The van der Waals surface area contributed by atoms with Gasteiger partial charge in [0.25, 0.3) is 0 Å². The molecule has 6 heteroatoms. The van der Waals surface area contributed by atoms with Gasteiger partial charge in [-0.3, -0.25) is 4.79 Å². The van der Waals surface area contributed by atoms with Crippen LogP contribution < -0.4 is 11.1 Å². The van der Waals surface area contributed by atoms with Crippen LogP contribution in [0.3, 0.4) is 0 Å². The lowest BCUT2D eigenvalue weighted by molar-refractivity contribution is -0.116. The summed E-state index contributed by atoms with van der Waals surface area (Å²) >= 11 is 1.56. The quantitative estimate of drug-likeness (QED) is 0.653. The van der Waals surface area contributed by atoms with E-state index in [1.165, 1.54) is 0 Å². The Balaban J connectivity index is 2.71. The molecule has 16 heavy (non-hydrogen) atoms. The monoisotopic (exact) mass is 340 g/mol. The number of halogens is 3. The van der Waals surface area contributed by atoms with Gasteiger partial charge in [0.05, 0.1) is 3.57 Å². The molecule has 3 nitrogen and oxygen atoms in total. The maximum absolute atomic E-state index is 13.1. The second-order valence-electron chi connectivity index (χ2n) is 3.19. The topological polar surface area (TPSA) is 55.1 Å². The second-order valence-corrected chi connectivity index (χ2v) is 4.27. The molecule has 0 aliphatic heterocycles. The largest absolute Gasteiger partial charge is 0.330 e. The minimum Gasteiger partial charge on any atom is -0.330 e. The Morgan fingerprint density at radius 3 is 2.44 bits per heavy atom. The van der Waals surface area contributed by atoms with E-state index in [9.17, 15) is 13.6 Å². The number of rotatable bonds is 4. The molecule has 0 aliphatic rings. The van der Waals surface area contributed by atoms with E-state index < -0.39 is 11.6 Å². The van der Waals surface area contributed by atoms with Crippen molar-refractivity contribution in [3.8, 4) is 0 Å². The predicted octanol–water partition coefficient (Wildman–Crippen LogP) is 2.25. The summed E-state index contributed by atoms with van der Waals surface area (Å²) in [5, 5.41) is 2.41.